The summed E-state index contributed by atoms with van der Waals surface area (Å²) in [6.45, 7) is 6.51. The molecular formula is C27H36N8O. The van der Waals surface area contributed by atoms with Crippen molar-refractivity contribution >= 4 is 34.3 Å². The third-order valence-corrected chi connectivity index (χ3v) is 7.97. The molecule has 1 amide bonds. The minimum atomic E-state index is -0.0928. The van der Waals surface area contributed by atoms with E-state index >= 15 is 0 Å². The second-order valence-electron chi connectivity index (χ2n) is 10.4. The number of carbonyl (C=O) groups is 1. The van der Waals surface area contributed by atoms with Crippen LogP contribution in [-0.4, -0.2) is 76.6 Å². The predicted molar refractivity (Wildman–Crippen MR) is 143 cm³/mol. The zero-order valence-corrected chi connectivity index (χ0v) is 21.2. The number of piperidine rings is 1. The van der Waals surface area contributed by atoms with E-state index in [2.05, 4.69) is 53.7 Å². The Bertz CT molecular complexity index is 1230. The van der Waals surface area contributed by atoms with E-state index in [1.54, 1.807) is 6.33 Å². The fraction of sp³-hybridized carbons (Fsp3) is 0.556. The molecule has 0 aliphatic carbocycles. The molecule has 1 aromatic carbocycles. The van der Waals surface area contributed by atoms with Crippen molar-refractivity contribution in [3.05, 3.63) is 36.4 Å². The summed E-state index contributed by atoms with van der Waals surface area (Å²) in [5, 5.41) is 3.27. The minimum Gasteiger partial charge on any atom is -0.367 e. The van der Waals surface area contributed by atoms with Crippen molar-refractivity contribution < 1.29 is 4.79 Å². The predicted octanol–water partition coefficient (Wildman–Crippen LogP) is 3.16. The van der Waals surface area contributed by atoms with Crippen LogP contribution in [-0.2, 0) is 17.8 Å². The van der Waals surface area contributed by atoms with E-state index in [9.17, 15) is 4.79 Å². The average molecular weight is 489 g/mol. The Balaban J connectivity index is 1.20. The van der Waals surface area contributed by atoms with Crippen molar-refractivity contribution in [1.29, 1.82) is 0 Å². The number of rotatable bonds is 4. The molecule has 6 rings (SSSR count). The Morgan fingerprint density at radius 2 is 1.81 bits per heavy atom. The molecule has 0 radical (unpaired) electrons. The van der Waals surface area contributed by atoms with Gasteiger partial charge in [-0.1, -0.05) is 18.6 Å². The Kier molecular flexibility index (Phi) is 6.48. The van der Waals surface area contributed by atoms with Gasteiger partial charge in [-0.15, -0.1) is 0 Å². The van der Waals surface area contributed by atoms with Gasteiger partial charge < -0.3 is 24.6 Å². The number of para-hydroxylation sites is 2. The van der Waals surface area contributed by atoms with Gasteiger partial charge in [0.1, 0.15) is 12.2 Å². The molecule has 190 valence electrons. The Labute approximate surface area is 212 Å². The van der Waals surface area contributed by atoms with Crippen LogP contribution >= 0.6 is 0 Å². The van der Waals surface area contributed by atoms with Crippen LogP contribution in [0.15, 0.2) is 30.6 Å². The molecular weight excluding hydrogens is 452 g/mol. The molecule has 0 unspecified atom stereocenters. The molecule has 3 aliphatic rings. The molecule has 1 N–H and O–H groups in total. The molecule has 2 saturated heterocycles. The third kappa shape index (κ3) is 4.52. The van der Waals surface area contributed by atoms with Crippen LogP contribution < -0.4 is 15.1 Å². The number of aromatic nitrogens is 4. The van der Waals surface area contributed by atoms with E-state index < -0.39 is 0 Å². The van der Waals surface area contributed by atoms with Crippen LogP contribution in [0.2, 0.25) is 0 Å². The van der Waals surface area contributed by atoms with Gasteiger partial charge in [0.05, 0.1) is 17.3 Å². The number of amides is 1. The van der Waals surface area contributed by atoms with Gasteiger partial charge in [-0.3, -0.25) is 4.79 Å². The van der Waals surface area contributed by atoms with Gasteiger partial charge in [0.15, 0.2) is 17.0 Å². The fourth-order valence-corrected chi connectivity index (χ4v) is 5.88. The van der Waals surface area contributed by atoms with Crippen LogP contribution in [0.4, 0.5) is 17.2 Å². The number of piperazine rings is 1. The lowest BCUT2D eigenvalue weighted by molar-refractivity contribution is -0.120. The van der Waals surface area contributed by atoms with Gasteiger partial charge >= 0.3 is 0 Å². The third-order valence-electron chi connectivity index (χ3n) is 7.97. The Morgan fingerprint density at radius 1 is 0.944 bits per heavy atom. The molecule has 36 heavy (non-hydrogen) atoms. The second-order valence-corrected chi connectivity index (χ2v) is 10.4. The first-order chi connectivity index (χ1) is 17.7. The number of aryl methyl sites for hydroxylation is 2. The maximum absolute atomic E-state index is 13.5. The lowest BCUT2D eigenvalue weighted by atomic mass is 9.97. The number of fused-ring (bicyclic) bond motifs is 3. The van der Waals surface area contributed by atoms with Gasteiger partial charge in [-0.25, -0.2) is 15.0 Å². The summed E-state index contributed by atoms with van der Waals surface area (Å²) in [7, 11) is 2.16. The number of imidazole rings is 1. The van der Waals surface area contributed by atoms with Crippen LogP contribution in [0.5, 0.6) is 0 Å². The van der Waals surface area contributed by atoms with Crippen LogP contribution in [0, 0.1) is 5.92 Å². The zero-order valence-electron chi connectivity index (χ0n) is 21.2. The van der Waals surface area contributed by atoms with E-state index in [0.717, 1.165) is 92.7 Å². The van der Waals surface area contributed by atoms with Gasteiger partial charge in [-0.2, -0.15) is 0 Å². The number of nitrogens with zero attached hydrogens (tertiary/aromatic N) is 7. The van der Waals surface area contributed by atoms with Crippen molar-refractivity contribution in [2.75, 3.05) is 61.4 Å². The standard InChI is InChI=1S/C27H36N8O/c1-32-14-16-33(17-15-32)22-10-5-4-9-21(22)30-27(36)20-8-7-12-34(18-20)25-24-26(29-19-28-25)35-13-6-2-3-11-23(35)31-24/h4-5,9-10,19-20H,2-3,6-8,11-18H2,1H3,(H,30,36)/t20-/m1/s1. The SMILES string of the molecule is CN1CCN(c2ccccc2NC(=O)[C@@H]2CCCN(c3ncnc4c3nc3n4CCCCC3)C2)CC1. The quantitative estimate of drug-likeness (QED) is 0.604. The lowest BCUT2D eigenvalue weighted by Crippen LogP contribution is -2.45. The van der Waals surface area contributed by atoms with E-state index in [0.29, 0.717) is 6.54 Å². The van der Waals surface area contributed by atoms with Crippen molar-refractivity contribution in [3.8, 4) is 0 Å². The first-order valence-corrected chi connectivity index (χ1v) is 13.5. The van der Waals surface area contributed by atoms with E-state index in [1.165, 1.54) is 19.3 Å². The molecule has 3 aromatic rings. The van der Waals surface area contributed by atoms with Crippen molar-refractivity contribution in [3.63, 3.8) is 0 Å². The molecule has 5 heterocycles. The van der Waals surface area contributed by atoms with E-state index in [1.807, 2.05) is 12.1 Å². The number of carbonyl (C=O) groups excluding carboxylic acids is 1. The van der Waals surface area contributed by atoms with Crippen LogP contribution in [0.1, 0.15) is 37.9 Å². The maximum Gasteiger partial charge on any atom is 0.229 e. The summed E-state index contributed by atoms with van der Waals surface area (Å²) < 4.78 is 2.27. The Morgan fingerprint density at radius 3 is 2.69 bits per heavy atom. The maximum atomic E-state index is 13.5. The summed E-state index contributed by atoms with van der Waals surface area (Å²) in [6, 6.07) is 8.20. The number of benzene rings is 1. The first-order valence-electron chi connectivity index (χ1n) is 13.5. The normalized spacial score (nSPS) is 21.3. The van der Waals surface area contributed by atoms with Crippen molar-refractivity contribution in [2.24, 2.45) is 5.92 Å². The molecule has 0 saturated carbocycles. The van der Waals surface area contributed by atoms with E-state index in [-0.39, 0.29) is 11.8 Å². The zero-order chi connectivity index (χ0) is 24.5. The molecule has 9 heteroatoms. The second kappa shape index (κ2) is 10.0. The van der Waals surface area contributed by atoms with Crippen molar-refractivity contribution in [2.45, 2.75) is 45.1 Å². The first kappa shape index (κ1) is 23.2. The van der Waals surface area contributed by atoms with Gasteiger partial charge in [0.25, 0.3) is 0 Å². The smallest absolute Gasteiger partial charge is 0.229 e. The molecule has 0 spiro atoms. The summed E-state index contributed by atoms with van der Waals surface area (Å²) >= 11 is 0. The van der Waals surface area contributed by atoms with Crippen LogP contribution in [0.25, 0.3) is 11.2 Å². The van der Waals surface area contributed by atoms with Gasteiger partial charge in [0, 0.05) is 52.2 Å². The highest BCUT2D eigenvalue weighted by Gasteiger charge is 2.30. The molecule has 9 nitrogen and oxygen atoms in total. The van der Waals surface area contributed by atoms with Crippen molar-refractivity contribution in [1.82, 2.24) is 24.4 Å². The average Bonchev–Trinajstić information content (AvgIpc) is 3.10. The number of anilines is 3. The largest absolute Gasteiger partial charge is 0.367 e. The Hall–Kier alpha value is -3.20. The molecule has 2 fully saturated rings. The topological polar surface area (TPSA) is 82.4 Å². The fourth-order valence-electron chi connectivity index (χ4n) is 5.88. The number of nitrogens with one attached hydrogen (secondary N) is 1. The number of likely N-dealkylation sites (N-methyl/N-ethyl adjacent to an activating group) is 1. The van der Waals surface area contributed by atoms with Gasteiger partial charge in [0.2, 0.25) is 5.91 Å². The lowest BCUT2D eigenvalue weighted by Gasteiger charge is -2.36. The number of hydrogen-bond acceptors (Lipinski definition) is 7. The highest BCUT2D eigenvalue weighted by Crippen LogP contribution is 2.31. The monoisotopic (exact) mass is 488 g/mol. The molecule has 3 aliphatic heterocycles. The summed E-state index contributed by atoms with van der Waals surface area (Å²) in [5.74, 6) is 1.99. The highest BCUT2D eigenvalue weighted by atomic mass is 16.1. The minimum absolute atomic E-state index is 0.0900. The summed E-state index contributed by atoms with van der Waals surface area (Å²) in [5.41, 5.74) is 3.84. The number of hydrogen-bond donors (Lipinski definition) is 1. The van der Waals surface area contributed by atoms with Gasteiger partial charge in [-0.05, 0) is 44.9 Å². The van der Waals surface area contributed by atoms with E-state index in [4.69, 9.17) is 4.98 Å². The molecule has 0 bridgehead atoms. The summed E-state index contributed by atoms with van der Waals surface area (Å²) in [4.78, 5) is 34.7. The highest BCUT2D eigenvalue weighted by molar-refractivity contribution is 5.96. The summed E-state index contributed by atoms with van der Waals surface area (Å²) in [6.07, 6.45) is 8.07. The van der Waals surface area contributed by atoms with Crippen LogP contribution in [0.3, 0.4) is 0 Å². The molecule has 2 aromatic heterocycles. The molecule has 1 atom stereocenters.